The predicted molar refractivity (Wildman–Crippen MR) is 67.9 cm³/mol. The highest BCUT2D eigenvalue weighted by molar-refractivity contribution is 5.14. The molecule has 19 heavy (non-hydrogen) atoms. The van der Waals surface area contributed by atoms with E-state index in [1.807, 2.05) is 6.92 Å². The monoisotopic (exact) mass is 272 g/mol. The highest BCUT2D eigenvalue weighted by atomic mass is 19.3. The Labute approximate surface area is 113 Å². The van der Waals surface area contributed by atoms with Crippen LogP contribution in [0.3, 0.4) is 0 Å². The van der Waals surface area contributed by atoms with Crippen molar-refractivity contribution in [2.75, 3.05) is 13.2 Å². The Morgan fingerprint density at radius 3 is 2.68 bits per heavy atom. The number of hydrogen-bond donors (Lipinski definition) is 0. The van der Waals surface area contributed by atoms with E-state index in [-0.39, 0.29) is 13.0 Å². The topological polar surface area (TPSA) is 18.5 Å². The van der Waals surface area contributed by atoms with E-state index in [1.54, 1.807) is 0 Å². The van der Waals surface area contributed by atoms with Crippen molar-refractivity contribution < 1.29 is 18.3 Å². The standard InChI is InChI=1S/C15H22F2O2/c1-14(16,17)5-6-18-15(2)8-12-10-3-4-11(7-10)13(12)9-19-15/h3-4,10-13H,5-9H2,1-2H3. The minimum atomic E-state index is -2.66. The molecule has 0 N–H and O–H groups in total. The van der Waals surface area contributed by atoms with Gasteiger partial charge in [-0.05, 0) is 43.9 Å². The van der Waals surface area contributed by atoms with Crippen molar-refractivity contribution in [3.8, 4) is 0 Å². The molecule has 0 aromatic rings. The number of fused-ring (bicyclic) bond motifs is 5. The molecule has 2 aliphatic carbocycles. The number of halogens is 2. The molecule has 1 saturated carbocycles. The lowest BCUT2D eigenvalue weighted by Crippen LogP contribution is -2.45. The maximum absolute atomic E-state index is 12.8. The number of ether oxygens (including phenoxy) is 2. The van der Waals surface area contributed by atoms with Gasteiger partial charge in [-0.25, -0.2) is 8.78 Å². The van der Waals surface area contributed by atoms with Gasteiger partial charge in [0.15, 0.2) is 5.79 Å². The van der Waals surface area contributed by atoms with Gasteiger partial charge >= 0.3 is 0 Å². The first-order chi connectivity index (χ1) is 8.86. The van der Waals surface area contributed by atoms with E-state index in [0.29, 0.717) is 30.3 Å². The molecule has 2 bridgehead atoms. The molecule has 0 amide bonds. The van der Waals surface area contributed by atoms with Gasteiger partial charge in [-0.3, -0.25) is 0 Å². The predicted octanol–water partition coefficient (Wildman–Crippen LogP) is 3.62. The SMILES string of the molecule is CC(F)(F)CCOC1(C)CC2C3C=CC(C3)C2CO1. The molecule has 5 atom stereocenters. The summed E-state index contributed by atoms with van der Waals surface area (Å²) in [7, 11) is 0. The molecule has 0 radical (unpaired) electrons. The van der Waals surface area contributed by atoms with Crippen LogP contribution >= 0.6 is 0 Å². The Balaban J connectivity index is 1.56. The zero-order valence-electron chi connectivity index (χ0n) is 11.6. The maximum atomic E-state index is 12.8. The van der Waals surface area contributed by atoms with Gasteiger partial charge in [-0.15, -0.1) is 0 Å². The second-order valence-electron chi connectivity index (χ2n) is 6.59. The average Bonchev–Trinajstić information content (AvgIpc) is 2.87. The summed E-state index contributed by atoms with van der Waals surface area (Å²) in [6.07, 6.45) is 6.46. The van der Waals surface area contributed by atoms with Crippen LogP contribution in [0.5, 0.6) is 0 Å². The first-order valence-electron chi connectivity index (χ1n) is 7.20. The van der Waals surface area contributed by atoms with Crippen LogP contribution in [0, 0.1) is 23.7 Å². The summed E-state index contributed by atoms with van der Waals surface area (Å²) in [5.41, 5.74) is 0. The average molecular weight is 272 g/mol. The molecule has 0 aromatic heterocycles. The lowest BCUT2D eigenvalue weighted by atomic mass is 9.77. The molecule has 1 saturated heterocycles. The van der Waals surface area contributed by atoms with Crippen molar-refractivity contribution in [2.45, 2.75) is 44.8 Å². The van der Waals surface area contributed by atoms with E-state index in [4.69, 9.17) is 9.47 Å². The van der Waals surface area contributed by atoms with Gasteiger partial charge in [0.2, 0.25) is 5.92 Å². The first-order valence-corrected chi connectivity index (χ1v) is 7.20. The molecule has 2 fully saturated rings. The Kier molecular flexibility index (Phi) is 3.21. The number of hydrogen-bond acceptors (Lipinski definition) is 2. The highest BCUT2D eigenvalue weighted by Crippen LogP contribution is 2.53. The quantitative estimate of drug-likeness (QED) is 0.728. The van der Waals surface area contributed by atoms with Crippen LogP contribution in [0.2, 0.25) is 0 Å². The van der Waals surface area contributed by atoms with E-state index in [0.717, 1.165) is 13.3 Å². The number of rotatable bonds is 4. The number of allylic oxidation sites excluding steroid dienone is 2. The summed E-state index contributed by atoms with van der Waals surface area (Å²) in [5.74, 6) is -0.808. The summed E-state index contributed by atoms with van der Waals surface area (Å²) in [6, 6.07) is 0. The summed E-state index contributed by atoms with van der Waals surface area (Å²) in [5, 5.41) is 0. The third-order valence-electron chi connectivity index (χ3n) is 4.94. The third kappa shape index (κ3) is 2.70. The van der Waals surface area contributed by atoms with Crippen LogP contribution in [-0.2, 0) is 9.47 Å². The van der Waals surface area contributed by atoms with Crippen LogP contribution < -0.4 is 0 Å². The Bertz CT molecular complexity index is 377. The lowest BCUT2D eigenvalue weighted by molar-refractivity contribution is -0.270. The molecular weight excluding hydrogens is 250 g/mol. The molecule has 108 valence electrons. The minimum Gasteiger partial charge on any atom is -0.350 e. The van der Waals surface area contributed by atoms with Crippen LogP contribution in [0.25, 0.3) is 0 Å². The number of alkyl halides is 2. The highest BCUT2D eigenvalue weighted by Gasteiger charge is 2.51. The molecule has 3 rings (SSSR count). The van der Waals surface area contributed by atoms with Crippen molar-refractivity contribution in [1.82, 2.24) is 0 Å². The van der Waals surface area contributed by atoms with Crippen molar-refractivity contribution in [1.29, 1.82) is 0 Å². The maximum Gasteiger partial charge on any atom is 0.247 e. The summed E-state index contributed by atoms with van der Waals surface area (Å²) >= 11 is 0. The van der Waals surface area contributed by atoms with E-state index >= 15 is 0 Å². The van der Waals surface area contributed by atoms with Crippen LogP contribution in [0.15, 0.2) is 12.2 Å². The van der Waals surface area contributed by atoms with Crippen molar-refractivity contribution >= 4 is 0 Å². The molecule has 0 aromatic carbocycles. The van der Waals surface area contributed by atoms with Gasteiger partial charge in [0, 0.05) is 12.8 Å². The second kappa shape index (κ2) is 4.52. The van der Waals surface area contributed by atoms with E-state index < -0.39 is 11.7 Å². The van der Waals surface area contributed by atoms with E-state index in [1.165, 1.54) is 6.42 Å². The van der Waals surface area contributed by atoms with Gasteiger partial charge in [-0.1, -0.05) is 12.2 Å². The third-order valence-corrected chi connectivity index (χ3v) is 4.94. The van der Waals surface area contributed by atoms with Crippen LogP contribution in [0.4, 0.5) is 8.78 Å². The fourth-order valence-corrected chi connectivity index (χ4v) is 3.88. The summed E-state index contributed by atoms with van der Waals surface area (Å²) in [4.78, 5) is 0. The van der Waals surface area contributed by atoms with Gasteiger partial charge in [0.1, 0.15) is 0 Å². The smallest absolute Gasteiger partial charge is 0.247 e. The van der Waals surface area contributed by atoms with E-state index in [2.05, 4.69) is 12.2 Å². The summed E-state index contributed by atoms with van der Waals surface area (Å²) < 4.78 is 37.1. The minimum absolute atomic E-state index is 0.0569. The van der Waals surface area contributed by atoms with Crippen molar-refractivity contribution in [3.05, 3.63) is 12.2 Å². The zero-order valence-corrected chi connectivity index (χ0v) is 11.6. The second-order valence-corrected chi connectivity index (χ2v) is 6.59. The first kappa shape index (κ1) is 13.5. The van der Waals surface area contributed by atoms with Gasteiger partial charge in [-0.2, -0.15) is 0 Å². The molecule has 3 aliphatic rings. The zero-order chi connectivity index (χ0) is 13.7. The molecule has 0 spiro atoms. The lowest BCUT2D eigenvalue weighted by Gasteiger charge is -2.43. The van der Waals surface area contributed by atoms with Crippen molar-refractivity contribution in [2.24, 2.45) is 23.7 Å². The largest absolute Gasteiger partial charge is 0.350 e. The van der Waals surface area contributed by atoms with Gasteiger partial charge < -0.3 is 9.47 Å². The van der Waals surface area contributed by atoms with E-state index in [9.17, 15) is 8.78 Å². The van der Waals surface area contributed by atoms with Gasteiger partial charge in [0.05, 0.1) is 13.2 Å². The Morgan fingerprint density at radius 1 is 1.32 bits per heavy atom. The fourth-order valence-electron chi connectivity index (χ4n) is 3.88. The molecular formula is C15H22F2O2. The Hall–Kier alpha value is -0.480. The molecule has 2 nitrogen and oxygen atoms in total. The normalized spacial score (nSPS) is 44.6. The molecule has 5 unspecified atom stereocenters. The summed E-state index contributed by atoms with van der Waals surface area (Å²) in [6.45, 7) is 3.58. The van der Waals surface area contributed by atoms with Gasteiger partial charge in [0.25, 0.3) is 0 Å². The molecule has 4 heteroatoms. The molecule has 1 heterocycles. The van der Waals surface area contributed by atoms with Crippen molar-refractivity contribution in [3.63, 3.8) is 0 Å². The van der Waals surface area contributed by atoms with Crippen LogP contribution in [0.1, 0.15) is 33.1 Å². The fraction of sp³-hybridized carbons (Fsp3) is 0.867. The molecule has 1 aliphatic heterocycles. The van der Waals surface area contributed by atoms with Crippen LogP contribution in [-0.4, -0.2) is 24.9 Å². The Morgan fingerprint density at radius 2 is 2.00 bits per heavy atom.